The molecule has 2 N–H and O–H groups in total. The first-order valence-electron chi connectivity index (χ1n) is 6.42. The van der Waals surface area contributed by atoms with Gasteiger partial charge < -0.3 is 5.32 Å². The molecule has 0 aliphatic rings. The number of H-pyrrole nitrogens is 1. The second-order valence-electron chi connectivity index (χ2n) is 4.48. The molecule has 0 bridgehead atoms. The van der Waals surface area contributed by atoms with Crippen molar-refractivity contribution in [3.63, 3.8) is 0 Å². The molecule has 0 fully saturated rings. The highest BCUT2D eigenvalue weighted by Gasteiger charge is 2.17. The average Bonchev–Trinajstić information content (AvgIpc) is 3.27. The Labute approximate surface area is 133 Å². The molecule has 0 aliphatic carbocycles. The van der Waals surface area contributed by atoms with E-state index in [1.165, 1.54) is 22.9 Å². The fourth-order valence-corrected chi connectivity index (χ4v) is 3.54. The van der Waals surface area contributed by atoms with Crippen molar-refractivity contribution in [1.29, 1.82) is 0 Å². The minimum atomic E-state index is -0.253. The Morgan fingerprint density at radius 3 is 3.05 bits per heavy atom. The summed E-state index contributed by atoms with van der Waals surface area (Å²) in [5, 5.41) is 13.2. The summed E-state index contributed by atoms with van der Waals surface area (Å²) in [7, 11) is 0. The molecule has 0 atom stereocenters. The third-order valence-electron chi connectivity index (χ3n) is 3.13. The number of thiazole rings is 1. The SMILES string of the molecule is O=C(Nc1cn[nH]c1-c1nccs1)c1nsc2ccccc12. The van der Waals surface area contributed by atoms with Crippen molar-refractivity contribution in [3.05, 3.63) is 47.7 Å². The van der Waals surface area contributed by atoms with Crippen molar-refractivity contribution in [2.75, 3.05) is 5.32 Å². The van der Waals surface area contributed by atoms with Crippen LogP contribution in [0.4, 0.5) is 5.69 Å². The topological polar surface area (TPSA) is 83.6 Å². The second kappa shape index (κ2) is 5.32. The van der Waals surface area contributed by atoms with Gasteiger partial charge in [-0.3, -0.25) is 9.89 Å². The first-order valence-corrected chi connectivity index (χ1v) is 8.07. The van der Waals surface area contributed by atoms with Crippen molar-refractivity contribution in [2.24, 2.45) is 0 Å². The summed E-state index contributed by atoms with van der Waals surface area (Å²) in [6, 6.07) is 7.67. The number of aromatic nitrogens is 4. The summed E-state index contributed by atoms with van der Waals surface area (Å²) in [6.45, 7) is 0. The first kappa shape index (κ1) is 13.1. The van der Waals surface area contributed by atoms with E-state index < -0.39 is 0 Å². The minimum Gasteiger partial charge on any atom is -0.317 e. The highest BCUT2D eigenvalue weighted by molar-refractivity contribution is 7.13. The Hall–Kier alpha value is -2.58. The number of rotatable bonds is 3. The Kier molecular flexibility index (Phi) is 3.17. The molecule has 0 spiro atoms. The molecular formula is C14H9N5OS2. The summed E-state index contributed by atoms with van der Waals surface area (Å²) in [6.07, 6.45) is 3.28. The summed E-state index contributed by atoms with van der Waals surface area (Å²) in [5.41, 5.74) is 1.71. The fraction of sp³-hybridized carbons (Fsp3) is 0. The van der Waals surface area contributed by atoms with Crippen LogP contribution in [-0.2, 0) is 0 Å². The van der Waals surface area contributed by atoms with E-state index in [9.17, 15) is 4.79 Å². The summed E-state index contributed by atoms with van der Waals surface area (Å²) in [5.74, 6) is -0.253. The average molecular weight is 327 g/mol. The number of hydrogen-bond donors (Lipinski definition) is 2. The van der Waals surface area contributed by atoms with Crippen molar-refractivity contribution in [1.82, 2.24) is 19.6 Å². The van der Waals surface area contributed by atoms with Gasteiger partial charge in [0.05, 0.1) is 16.6 Å². The van der Waals surface area contributed by atoms with E-state index in [1.807, 2.05) is 29.6 Å². The maximum atomic E-state index is 12.5. The van der Waals surface area contributed by atoms with E-state index in [0.29, 0.717) is 17.1 Å². The van der Waals surface area contributed by atoms with Gasteiger partial charge in [0.1, 0.15) is 16.4 Å². The van der Waals surface area contributed by atoms with Gasteiger partial charge in [-0.2, -0.15) is 9.47 Å². The van der Waals surface area contributed by atoms with Crippen LogP contribution in [0.1, 0.15) is 10.5 Å². The van der Waals surface area contributed by atoms with Gasteiger partial charge in [0.15, 0.2) is 0 Å². The van der Waals surface area contributed by atoms with Crippen LogP contribution in [0.15, 0.2) is 42.0 Å². The molecule has 4 rings (SSSR count). The Balaban J connectivity index is 1.67. The van der Waals surface area contributed by atoms with Crippen molar-refractivity contribution in [2.45, 2.75) is 0 Å². The number of hydrogen-bond acceptors (Lipinski definition) is 6. The minimum absolute atomic E-state index is 0.253. The van der Waals surface area contributed by atoms with Gasteiger partial charge in [0, 0.05) is 17.0 Å². The van der Waals surface area contributed by atoms with E-state index in [-0.39, 0.29) is 5.91 Å². The predicted octanol–water partition coefficient (Wildman–Crippen LogP) is 3.40. The molecule has 22 heavy (non-hydrogen) atoms. The number of carbonyl (C=O) groups excluding carboxylic acids is 1. The van der Waals surface area contributed by atoms with Crippen LogP contribution >= 0.6 is 22.9 Å². The van der Waals surface area contributed by atoms with Gasteiger partial charge in [-0.25, -0.2) is 4.98 Å². The molecule has 3 aromatic heterocycles. The van der Waals surface area contributed by atoms with Crippen LogP contribution in [0.2, 0.25) is 0 Å². The molecule has 4 aromatic rings. The fourth-order valence-electron chi connectivity index (χ4n) is 2.12. The van der Waals surface area contributed by atoms with Gasteiger partial charge in [0.2, 0.25) is 0 Å². The molecule has 0 aliphatic heterocycles. The highest BCUT2D eigenvalue weighted by atomic mass is 32.1. The molecule has 0 saturated carbocycles. The summed E-state index contributed by atoms with van der Waals surface area (Å²) in [4.78, 5) is 16.7. The molecule has 3 heterocycles. The monoisotopic (exact) mass is 327 g/mol. The van der Waals surface area contributed by atoms with Crippen molar-refractivity contribution >= 4 is 44.5 Å². The molecule has 1 aromatic carbocycles. The Morgan fingerprint density at radius 2 is 2.18 bits per heavy atom. The smallest absolute Gasteiger partial charge is 0.276 e. The molecule has 0 unspecified atom stereocenters. The maximum absolute atomic E-state index is 12.5. The molecule has 0 radical (unpaired) electrons. The number of benzene rings is 1. The van der Waals surface area contributed by atoms with Gasteiger partial charge in [-0.15, -0.1) is 11.3 Å². The zero-order valence-corrected chi connectivity index (χ0v) is 12.7. The number of fused-ring (bicyclic) bond motifs is 1. The zero-order chi connectivity index (χ0) is 14.9. The van der Waals surface area contributed by atoms with Gasteiger partial charge in [-0.1, -0.05) is 18.2 Å². The first-order chi connectivity index (χ1) is 10.8. The molecule has 0 saturated heterocycles. The van der Waals surface area contributed by atoms with Gasteiger partial charge in [0.25, 0.3) is 5.91 Å². The molecule has 108 valence electrons. The zero-order valence-electron chi connectivity index (χ0n) is 11.1. The molecule has 6 nitrogen and oxygen atoms in total. The lowest BCUT2D eigenvalue weighted by molar-refractivity contribution is 0.102. The third-order valence-corrected chi connectivity index (χ3v) is 4.74. The van der Waals surface area contributed by atoms with Crippen molar-refractivity contribution in [3.8, 4) is 10.7 Å². The van der Waals surface area contributed by atoms with E-state index in [0.717, 1.165) is 15.1 Å². The standard InChI is InChI=1S/C14H9N5OS2/c20-13(11-8-3-1-2-4-10(8)22-19-11)17-9-7-16-18-12(9)14-15-5-6-21-14/h1-7H,(H,16,18)(H,17,20). The predicted molar refractivity (Wildman–Crippen MR) is 87.3 cm³/mol. The van der Waals surface area contributed by atoms with E-state index in [4.69, 9.17) is 0 Å². The summed E-state index contributed by atoms with van der Waals surface area (Å²) >= 11 is 2.79. The number of nitrogens with one attached hydrogen (secondary N) is 2. The molecule has 8 heteroatoms. The summed E-state index contributed by atoms with van der Waals surface area (Å²) < 4.78 is 5.24. The highest BCUT2D eigenvalue weighted by Crippen LogP contribution is 2.28. The Bertz CT molecular complexity index is 941. The normalized spacial score (nSPS) is 10.9. The van der Waals surface area contributed by atoms with Crippen LogP contribution < -0.4 is 5.32 Å². The number of aromatic amines is 1. The Morgan fingerprint density at radius 1 is 1.27 bits per heavy atom. The van der Waals surface area contributed by atoms with Crippen LogP contribution in [0.25, 0.3) is 20.8 Å². The van der Waals surface area contributed by atoms with E-state index in [1.54, 1.807) is 12.4 Å². The second-order valence-corrected chi connectivity index (χ2v) is 6.18. The lowest BCUT2D eigenvalue weighted by atomic mass is 10.2. The number of nitrogens with zero attached hydrogens (tertiary/aromatic N) is 3. The number of carbonyl (C=O) groups is 1. The largest absolute Gasteiger partial charge is 0.317 e. The maximum Gasteiger partial charge on any atom is 0.276 e. The number of anilines is 1. The van der Waals surface area contributed by atoms with Crippen LogP contribution in [-0.4, -0.2) is 25.5 Å². The van der Waals surface area contributed by atoms with Gasteiger partial charge in [-0.05, 0) is 17.6 Å². The van der Waals surface area contributed by atoms with E-state index >= 15 is 0 Å². The quantitative estimate of drug-likeness (QED) is 0.604. The lowest BCUT2D eigenvalue weighted by Gasteiger charge is -2.02. The van der Waals surface area contributed by atoms with Crippen LogP contribution in [0.5, 0.6) is 0 Å². The number of amides is 1. The van der Waals surface area contributed by atoms with E-state index in [2.05, 4.69) is 24.9 Å². The lowest BCUT2D eigenvalue weighted by Crippen LogP contribution is -2.12. The van der Waals surface area contributed by atoms with Gasteiger partial charge >= 0.3 is 0 Å². The molecular weight excluding hydrogens is 318 g/mol. The third kappa shape index (κ3) is 2.18. The molecule has 1 amide bonds. The van der Waals surface area contributed by atoms with Crippen LogP contribution in [0, 0.1) is 0 Å². The van der Waals surface area contributed by atoms with Crippen LogP contribution in [0.3, 0.4) is 0 Å². The van der Waals surface area contributed by atoms with Crippen molar-refractivity contribution < 1.29 is 4.79 Å².